The van der Waals surface area contributed by atoms with Gasteiger partial charge >= 0.3 is 5.97 Å². The molecular weight excluding hydrogens is 392 g/mol. The maximum Gasteiger partial charge on any atom is 0.310 e. The molecule has 152 valence electrons. The molecule has 0 saturated carbocycles. The van der Waals surface area contributed by atoms with E-state index >= 15 is 0 Å². The predicted octanol–water partition coefficient (Wildman–Crippen LogP) is 3.05. The lowest BCUT2D eigenvalue weighted by Crippen LogP contribution is -2.40. The van der Waals surface area contributed by atoms with Crippen molar-refractivity contribution in [3.8, 4) is 11.3 Å². The molecule has 1 fully saturated rings. The lowest BCUT2D eigenvalue weighted by atomic mass is 9.98. The van der Waals surface area contributed by atoms with E-state index in [4.69, 9.17) is 27.1 Å². The molecule has 3 aromatic rings. The van der Waals surface area contributed by atoms with Crippen LogP contribution in [0.4, 0.5) is 11.8 Å². The minimum atomic E-state index is -0.194. The number of benzene rings is 1. The molecule has 2 aromatic heterocycles. The number of halogens is 1. The number of carbonyl (C=O) groups excluding carboxylic acids is 1. The number of esters is 1. The van der Waals surface area contributed by atoms with Crippen molar-refractivity contribution >= 4 is 40.4 Å². The van der Waals surface area contributed by atoms with E-state index in [0.29, 0.717) is 46.7 Å². The number of ether oxygens (including phenoxy) is 1. The van der Waals surface area contributed by atoms with Crippen LogP contribution in [-0.2, 0) is 16.6 Å². The third-order valence-corrected chi connectivity index (χ3v) is 5.51. The Bertz CT molecular complexity index is 1070. The van der Waals surface area contributed by atoms with Crippen LogP contribution >= 0.6 is 11.6 Å². The summed E-state index contributed by atoms with van der Waals surface area (Å²) in [5, 5.41) is 5.69. The number of aromatic nitrogens is 4. The fourth-order valence-corrected chi connectivity index (χ4v) is 3.93. The Morgan fingerprint density at radius 3 is 2.90 bits per heavy atom. The Morgan fingerprint density at radius 1 is 1.34 bits per heavy atom. The quantitative estimate of drug-likeness (QED) is 0.655. The molecule has 1 aliphatic rings. The summed E-state index contributed by atoms with van der Waals surface area (Å²) in [4.78, 5) is 23.7. The first kappa shape index (κ1) is 19.4. The van der Waals surface area contributed by atoms with E-state index in [1.807, 2.05) is 36.1 Å². The molecular formula is C20H23ClN6O2. The van der Waals surface area contributed by atoms with Gasteiger partial charge in [0, 0.05) is 30.7 Å². The van der Waals surface area contributed by atoms with Crippen LogP contribution in [0.15, 0.2) is 24.3 Å². The van der Waals surface area contributed by atoms with Gasteiger partial charge in [0.15, 0.2) is 5.65 Å². The van der Waals surface area contributed by atoms with Gasteiger partial charge in [0.2, 0.25) is 5.95 Å². The first-order chi connectivity index (χ1) is 14.0. The summed E-state index contributed by atoms with van der Waals surface area (Å²) < 4.78 is 6.79. The molecule has 0 aliphatic carbocycles. The van der Waals surface area contributed by atoms with Crippen molar-refractivity contribution in [2.24, 2.45) is 13.0 Å². The van der Waals surface area contributed by atoms with E-state index in [2.05, 4.69) is 10.1 Å². The summed E-state index contributed by atoms with van der Waals surface area (Å²) >= 11 is 6.45. The maximum atomic E-state index is 12.2. The molecule has 0 bridgehead atoms. The molecule has 9 heteroatoms. The second-order valence-corrected chi connectivity index (χ2v) is 7.50. The minimum absolute atomic E-state index is 0.174. The van der Waals surface area contributed by atoms with Gasteiger partial charge in [-0.3, -0.25) is 9.48 Å². The standard InChI is InChI=1S/C20H23ClN6O2/c1-3-29-19(28)12-7-6-10-27(11-12)20-23-16(13-8-4-5-9-14(13)21)15-17(22)26(2)25-18(15)24-20/h4-5,8-9,12H,3,6-7,10-11,22H2,1-2H3/t12-/m1/s1. The molecule has 0 unspecified atom stereocenters. The number of piperidine rings is 1. The van der Waals surface area contributed by atoms with Gasteiger partial charge in [0.1, 0.15) is 5.82 Å². The summed E-state index contributed by atoms with van der Waals surface area (Å²) in [6.07, 6.45) is 1.65. The molecule has 8 nitrogen and oxygen atoms in total. The van der Waals surface area contributed by atoms with Crippen molar-refractivity contribution in [3.63, 3.8) is 0 Å². The van der Waals surface area contributed by atoms with Gasteiger partial charge in [-0.2, -0.15) is 10.1 Å². The number of nitrogens with two attached hydrogens (primary N) is 1. The average molecular weight is 415 g/mol. The van der Waals surface area contributed by atoms with Gasteiger partial charge in [0.25, 0.3) is 0 Å². The molecule has 4 rings (SSSR count). The van der Waals surface area contributed by atoms with Gasteiger partial charge < -0.3 is 15.4 Å². The van der Waals surface area contributed by atoms with E-state index in [0.717, 1.165) is 24.9 Å². The number of nitrogens with zero attached hydrogens (tertiary/aromatic N) is 5. The van der Waals surface area contributed by atoms with Crippen LogP contribution < -0.4 is 10.6 Å². The number of anilines is 2. The van der Waals surface area contributed by atoms with Crippen LogP contribution in [0.3, 0.4) is 0 Å². The Labute approximate surface area is 173 Å². The maximum absolute atomic E-state index is 12.2. The summed E-state index contributed by atoms with van der Waals surface area (Å²) in [6.45, 7) is 3.46. The molecule has 0 radical (unpaired) electrons. The number of aryl methyl sites for hydroxylation is 1. The Kier molecular flexibility index (Phi) is 5.27. The smallest absolute Gasteiger partial charge is 0.310 e. The fourth-order valence-electron chi connectivity index (χ4n) is 3.70. The van der Waals surface area contributed by atoms with Crippen LogP contribution in [0.5, 0.6) is 0 Å². The van der Waals surface area contributed by atoms with Crippen molar-refractivity contribution in [2.75, 3.05) is 30.3 Å². The van der Waals surface area contributed by atoms with Crippen LogP contribution in [0.1, 0.15) is 19.8 Å². The van der Waals surface area contributed by atoms with Crippen LogP contribution in [0.2, 0.25) is 5.02 Å². The van der Waals surface area contributed by atoms with Crippen molar-refractivity contribution in [1.82, 2.24) is 19.7 Å². The zero-order chi connectivity index (χ0) is 20.5. The lowest BCUT2D eigenvalue weighted by molar-refractivity contribution is -0.148. The summed E-state index contributed by atoms with van der Waals surface area (Å²) in [6, 6.07) is 7.48. The van der Waals surface area contributed by atoms with Crippen molar-refractivity contribution in [3.05, 3.63) is 29.3 Å². The first-order valence-electron chi connectivity index (χ1n) is 9.66. The molecule has 0 spiro atoms. The van der Waals surface area contributed by atoms with Gasteiger partial charge in [-0.05, 0) is 25.8 Å². The van der Waals surface area contributed by atoms with Gasteiger partial charge in [-0.1, -0.05) is 29.8 Å². The first-order valence-corrected chi connectivity index (χ1v) is 10.0. The highest BCUT2D eigenvalue weighted by atomic mass is 35.5. The third kappa shape index (κ3) is 3.60. The highest BCUT2D eigenvalue weighted by Gasteiger charge is 2.29. The minimum Gasteiger partial charge on any atom is -0.466 e. The van der Waals surface area contributed by atoms with Crippen molar-refractivity contribution < 1.29 is 9.53 Å². The van der Waals surface area contributed by atoms with Gasteiger partial charge in [-0.25, -0.2) is 4.98 Å². The Balaban J connectivity index is 1.80. The molecule has 1 aliphatic heterocycles. The zero-order valence-corrected chi connectivity index (χ0v) is 17.2. The monoisotopic (exact) mass is 414 g/mol. The highest BCUT2D eigenvalue weighted by Crippen LogP contribution is 2.36. The van der Waals surface area contributed by atoms with Gasteiger partial charge in [0.05, 0.1) is 23.6 Å². The number of hydrogen-bond acceptors (Lipinski definition) is 7. The Morgan fingerprint density at radius 2 is 2.14 bits per heavy atom. The summed E-state index contributed by atoms with van der Waals surface area (Å²) in [5.74, 6) is 0.622. The molecule has 1 atom stereocenters. The van der Waals surface area contributed by atoms with Crippen molar-refractivity contribution in [2.45, 2.75) is 19.8 Å². The van der Waals surface area contributed by atoms with E-state index in [-0.39, 0.29) is 11.9 Å². The topological polar surface area (TPSA) is 99.2 Å². The molecule has 0 amide bonds. The summed E-state index contributed by atoms with van der Waals surface area (Å²) in [7, 11) is 1.77. The average Bonchev–Trinajstić information content (AvgIpc) is 3.02. The van der Waals surface area contributed by atoms with E-state index < -0.39 is 0 Å². The number of nitrogen functional groups attached to an aromatic ring is 1. The second kappa shape index (κ2) is 7.87. The number of fused-ring (bicyclic) bond motifs is 1. The number of rotatable bonds is 4. The highest BCUT2D eigenvalue weighted by molar-refractivity contribution is 6.33. The summed E-state index contributed by atoms with van der Waals surface area (Å²) in [5.41, 5.74) is 8.16. The molecule has 29 heavy (non-hydrogen) atoms. The fraction of sp³-hybridized carbons (Fsp3) is 0.400. The van der Waals surface area contributed by atoms with Gasteiger partial charge in [-0.15, -0.1) is 0 Å². The van der Waals surface area contributed by atoms with E-state index in [1.54, 1.807) is 11.7 Å². The lowest BCUT2D eigenvalue weighted by Gasteiger charge is -2.31. The van der Waals surface area contributed by atoms with E-state index in [9.17, 15) is 4.79 Å². The van der Waals surface area contributed by atoms with Crippen LogP contribution in [0, 0.1) is 5.92 Å². The number of carbonyl (C=O) groups is 1. The Hall–Kier alpha value is -2.87. The molecule has 2 N–H and O–H groups in total. The largest absolute Gasteiger partial charge is 0.466 e. The normalized spacial score (nSPS) is 16.9. The zero-order valence-electron chi connectivity index (χ0n) is 16.4. The van der Waals surface area contributed by atoms with Crippen LogP contribution in [-0.4, -0.2) is 45.4 Å². The van der Waals surface area contributed by atoms with Crippen LogP contribution in [0.25, 0.3) is 22.3 Å². The number of hydrogen-bond donors (Lipinski definition) is 1. The third-order valence-electron chi connectivity index (χ3n) is 5.18. The molecule has 1 saturated heterocycles. The second-order valence-electron chi connectivity index (χ2n) is 7.10. The molecule has 3 heterocycles. The van der Waals surface area contributed by atoms with E-state index in [1.165, 1.54) is 0 Å². The predicted molar refractivity (Wildman–Crippen MR) is 113 cm³/mol. The SMILES string of the molecule is CCOC(=O)[C@@H]1CCCN(c2nc(-c3ccccc3Cl)c3c(N)n(C)nc3n2)C1. The molecule has 1 aromatic carbocycles. The van der Waals surface area contributed by atoms with Crippen molar-refractivity contribution in [1.29, 1.82) is 0 Å².